The average Bonchev–Trinajstić information content (AvgIpc) is 3.22. The Bertz CT molecular complexity index is 1030. The zero-order valence-electron chi connectivity index (χ0n) is 12.6. The third-order valence-electron chi connectivity index (χ3n) is 3.98. The summed E-state index contributed by atoms with van der Waals surface area (Å²) >= 11 is 1.46. The van der Waals surface area contributed by atoms with Crippen LogP contribution in [0.25, 0.3) is 10.6 Å². The second-order valence-corrected chi connectivity index (χ2v) is 6.33. The van der Waals surface area contributed by atoms with E-state index in [1.165, 1.54) is 17.4 Å². The van der Waals surface area contributed by atoms with Crippen molar-refractivity contribution in [1.29, 1.82) is 5.26 Å². The molecular weight excluding hydrogens is 346 g/mol. The second kappa shape index (κ2) is 5.72. The lowest BCUT2D eigenvalue weighted by molar-refractivity contribution is 0.378. The van der Waals surface area contributed by atoms with Gasteiger partial charge in [0.15, 0.2) is 0 Å². The van der Waals surface area contributed by atoms with E-state index in [2.05, 4.69) is 10.2 Å². The van der Waals surface area contributed by atoms with E-state index >= 15 is 0 Å². The zero-order chi connectivity index (χ0) is 17.6. The van der Waals surface area contributed by atoms with Crippen molar-refractivity contribution >= 4 is 11.3 Å². The first kappa shape index (κ1) is 15.4. The molecule has 0 spiro atoms. The normalized spacial score (nSPS) is 16.3. The third-order valence-corrected chi connectivity index (χ3v) is 4.87. The summed E-state index contributed by atoms with van der Waals surface area (Å²) in [5.41, 5.74) is 7.12. The van der Waals surface area contributed by atoms with Crippen LogP contribution in [-0.2, 0) is 0 Å². The number of ether oxygens (including phenoxy) is 1. The number of hydrogen-bond donors (Lipinski definition) is 2. The standard InChI is InChI=1S/C17H10F2N4OS/c18-8-3-4-9(11(19)6-8)13-10(7-20)16(21)24-17-14(13)15(22-23-17)12-2-1-5-25-12/h1-6,13H,21H2,(H,22,23). The number of aromatic amines is 1. The van der Waals surface area contributed by atoms with Crippen LogP contribution in [0.5, 0.6) is 5.88 Å². The summed E-state index contributed by atoms with van der Waals surface area (Å²) in [4.78, 5) is 0.850. The van der Waals surface area contributed by atoms with E-state index in [-0.39, 0.29) is 22.9 Å². The van der Waals surface area contributed by atoms with Gasteiger partial charge >= 0.3 is 0 Å². The number of nitriles is 1. The molecule has 0 bridgehead atoms. The zero-order valence-corrected chi connectivity index (χ0v) is 13.4. The lowest BCUT2D eigenvalue weighted by atomic mass is 9.83. The van der Waals surface area contributed by atoms with Crippen molar-refractivity contribution in [2.45, 2.75) is 5.92 Å². The average molecular weight is 356 g/mol. The molecule has 3 aromatic rings. The van der Waals surface area contributed by atoms with Crippen LogP contribution in [-0.4, -0.2) is 10.2 Å². The minimum atomic E-state index is -0.842. The molecule has 1 aromatic carbocycles. The highest BCUT2D eigenvalue weighted by Crippen LogP contribution is 2.46. The van der Waals surface area contributed by atoms with Crippen molar-refractivity contribution in [1.82, 2.24) is 10.2 Å². The van der Waals surface area contributed by atoms with Gasteiger partial charge in [0.1, 0.15) is 23.3 Å². The molecule has 4 rings (SSSR count). The summed E-state index contributed by atoms with van der Waals surface area (Å²) in [6, 6.07) is 8.93. The number of aromatic nitrogens is 2. The van der Waals surface area contributed by atoms with Crippen molar-refractivity contribution in [2.24, 2.45) is 5.73 Å². The molecule has 1 atom stereocenters. The van der Waals surface area contributed by atoms with Crippen molar-refractivity contribution in [3.05, 3.63) is 69.9 Å². The fourth-order valence-electron chi connectivity index (χ4n) is 2.90. The summed E-state index contributed by atoms with van der Waals surface area (Å²) < 4.78 is 33.2. The van der Waals surface area contributed by atoms with Crippen LogP contribution >= 0.6 is 11.3 Å². The fourth-order valence-corrected chi connectivity index (χ4v) is 3.63. The number of H-pyrrole nitrogens is 1. The highest BCUT2D eigenvalue weighted by atomic mass is 32.1. The van der Waals surface area contributed by atoms with Crippen LogP contribution in [0.15, 0.2) is 47.2 Å². The second-order valence-electron chi connectivity index (χ2n) is 5.39. The van der Waals surface area contributed by atoms with Gasteiger partial charge in [0.05, 0.1) is 22.1 Å². The monoisotopic (exact) mass is 356 g/mol. The Morgan fingerprint density at radius 2 is 2.16 bits per heavy atom. The molecule has 1 aliphatic rings. The molecule has 25 heavy (non-hydrogen) atoms. The van der Waals surface area contributed by atoms with Gasteiger partial charge in [-0.3, -0.25) is 5.10 Å². The molecule has 0 saturated heterocycles. The number of benzene rings is 1. The lowest BCUT2D eigenvalue weighted by Gasteiger charge is -2.24. The highest BCUT2D eigenvalue weighted by molar-refractivity contribution is 7.13. The van der Waals surface area contributed by atoms with Crippen molar-refractivity contribution in [2.75, 3.05) is 0 Å². The molecule has 8 heteroatoms. The first-order chi connectivity index (χ1) is 12.1. The third kappa shape index (κ3) is 2.37. The topological polar surface area (TPSA) is 87.7 Å². The maximum absolute atomic E-state index is 14.5. The Hall–Kier alpha value is -3.18. The fraction of sp³-hybridized carbons (Fsp3) is 0.0588. The maximum atomic E-state index is 14.5. The minimum absolute atomic E-state index is 0.0530. The van der Waals surface area contributed by atoms with Gasteiger partial charge in [-0.05, 0) is 17.5 Å². The van der Waals surface area contributed by atoms with Gasteiger partial charge in [-0.1, -0.05) is 12.1 Å². The molecule has 1 aliphatic heterocycles. The van der Waals surface area contributed by atoms with Gasteiger partial charge in [-0.2, -0.15) is 5.26 Å². The van der Waals surface area contributed by atoms with E-state index in [9.17, 15) is 14.0 Å². The molecule has 0 aliphatic carbocycles. The van der Waals surface area contributed by atoms with Crippen molar-refractivity contribution in [3.8, 4) is 22.5 Å². The van der Waals surface area contributed by atoms with Crippen LogP contribution < -0.4 is 10.5 Å². The van der Waals surface area contributed by atoms with Crippen LogP contribution in [0.2, 0.25) is 0 Å². The van der Waals surface area contributed by atoms with Crippen molar-refractivity contribution in [3.63, 3.8) is 0 Å². The lowest BCUT2D eigenvalue weighted by Crippen LogP contribution is -2.21. The highest BCUT2D eigenvalue weighted by Gasteiger charge is 2.37. The van der Waals surface area contributed by atoms with Gasteiger partial charge in [0.25, 0.3) is 0 Å². The molecule has 0 saturated carbocycles. The molecular formula is C17H10F2N4OS. The number of nitrogens with two attached hydrogens (primary N) is 1. The van der Waals surface area contributed by atoms with Gasteiger partial charge in [-0.25, -0.2) is 8.78 Å². The number of hydrogen-bond acceptors (Lipinski definition) is 5. The van der Waals surface area contributed by atoms with E-state index in [1.807, 2.05) is 23.6 Å². The first-order valence-electron chi connectivity index (χ1n) is 7.24. The number of nitrogens with one attached hydrogen (secondary N) is 1. The van der Waals surface area contributed by atoms with E-state index < -0.39 is 17.6 Å². The quantitative estimate of drug-likeness (QED) is 0.734. The Balaban J connectivity index is 1.99. The Kier molecular flexibility index (Phi) is 3.51. The summed E-state index contributed by atoms with van der Waals surface area (Å²) in [5.74, 6) is -2.28. The van der Waals surface area contributed by atoms with Gasteiger partial charge in [0, 0.05) is 11.6 Å². The van der Waals surface area contributed by atoms with Crippen LogP contribution in [0.1, 0.15) is 17.0 Å². The number of nitrogens with zero attached hydrogens (tertiary/aromatic N) is 2. The smallest absolute Gasteiger partial charge is 0.244 e. The van der Waals surface area contributed by atoms with Crippen LogP contribution in [0.4, 0.5) is 8.78 Å². The Labute approximate surface area is 145 Å². The molecule has 3 heterocycles. The first-order valence-corrected chi connectivity index (χ1v) is 8.12. The van der Waals surface area contributed by atoms with E-state index in [4.69, 9.17) is 10.5 Å². The molecule has 0 amide bonds. The number of rotatable bonds is 2. The molecule has 0 fully saturated rings. The molecule has 2 aromatic heterocycles. The van der Waals surface area contributed by atoms with E-state index in [0.29, 0.717) is 11.3 Å². The summed E-state index contributed by atoms with van der Waals surface area (Å²) in [5, 5.41) is 18.4. The largest absolute Gasteiger partial charge is 0.420 e. The summed E-state index contributed by atoms with van der Waals surface area (Å²) in [7, 11) is 0. The van der Waals surface area contributed by atoms with Gasteiger partial charge in [-0.15, -0.1) is 16.4 Å². The molecule has 124 valence electrons. The maximum Gasteiger partial charge on any atom is 0.244 e. The number of thiophene rings is 1. The Morgan fingerprint density at radius 1 is 1.32 bits per heavy atom. The van der Waals surface area contributed by atoms with Gasteiger partial charge < -0.3 is 10.5 Å². The van der Waals surface area contributed by atoms with E-state index in [1.54, 1.807) is 0 Å². The predicted molar refractivity (Wildman–Crippen MR) is 87.6 cm³/mol. The number of fused-ring (bicyclic) bond motifs is 1. The van der Waals surface area contributed by atoms with Gasteiger partial charge in [0.2, 0.25) is 11.8 Å². The number of allylic oxidation sites excluding steroid dienone is 1. The Morgan fingerprint density at radius 3 is 2.84 bits per heavy atom. The molecule has 1 unspecified atom stereocenters. The van der Waals surface area contributed by atoms with Crippen LogP contribution in [0.3, 0.4) is 0 Å². The van der Waals surface area contributed by atoms with Crippen LogP contribution in [0, 0.1) is 23.0 Å². The molecule has 0 radical (unpaired) electrons. The number of halogens is 2. The summed E-state index contributed by atoms with van der Waals surface area (Å²) in [6.07, 6.45) is 0. The summed E-state index contributed by atoms with van der Waals surface area (Å²) in [6.45, 7) is 0. The minimum Gasteiger partial charge on any atom is -0.420 e. The molecule has 3 N–H and O–H groups in total. The van der Waals surface area contributed by atoms with E-state index in [0.717, 1.165) is 17.0 Å². The molecule has 5 nitrogen and oxygen atoms in total. The van der Waals surface area contributed by atoms with Crippen molar-refractivity contribution < 1.29 is 13.5 Å². The SMILES string of the molecule is N#CC1=C(N)Oc2n[nH]c(-c3cccs3)c2C1c1ccc(F)cc1F. The predicted octanol–water partition coefficient (Wildman–Crippen LogP) is 3.63.